The van der Waals surface area contributed by atoms with Crippen LogP contribution in [-0.2, 0) is 10.0 Å². The summed E-state index contributed by atoms with van der Waals surface area (Å²) in [6, 6.07) is 3.22. The highest BCUT2D eigenvalue weighted by Gasteiger charge is 2.26. The molecule has 0 unspecified atom stereocenters. The summed E-state index contributed by atoms with van der Waals surface area (Å²) in [5.74, 6) is -0.0269. The second kappa shape index (κ2) is 5.64. The van der Waals surface area contributed by atoms with E-state index in [2.05, 4.69) is 21.2 Å². The van der Waals surface area contributed by atoms with Crippen molar-refractivity contribution < 1.29 is 17.6 Å². The first-order chi connectivity index (χ1) is 8.86. The van der Waals surface area contributed by atoms with Crippen LogP contribution < -0.4 is 5.32 Å². The summed E-state index contributed by atoms with van der Waals surface area (Å²) >= 11 is 3.14. The smallest absolute Gasteiger partial charge is 0.287 e. The molecule has 1 saturated heterocycles. The monoisotopic (exact) mass is 350 g/mol. The normalized spacial score (nSPS) is 18.4. The zero-order chi connectivity index (χ0) is 14.0. The molecular formula is C11H15BrN2O4S. The number of nitrogens with one attached hydrogen (secondary N) is 1. The molecule has 1 N–H and O–H groups in total. The van der Waals surface area contributed by atoms with Gasteiger partial charge < -0.3 is 9.73 Å². The van der Waals surface area contributed by atoms with Crippen LogP contribution in [0.2, 0.25) is 0 Å². The zero-order valence-electron chi connectivity index (χ0n) is 10.4. The van der Waals surface area contributed by atoms with Crippen molar-refractivity contribution >= 4 is 31.9 Å². The van der Waals surface area contributed by atoms with Crippen molar-refractivity contribution in [1.29, 1.82) is 0 Å². The van der Waals surface area contributed by atoms with Gasteiger partial charge in [0.05, 0.1) is 6.26 Å². The fourth-order valence-corrected chi connectivity index (χ4v) is 3.21. The minimum atomic E-state index is -3.13. The molecule has 1 aliphatic heterocycles. The fourth-order valence-electron chi connectivity index (χ4n) is 2.02. The highest BCUT2D eigenvalue weighted by molar-refractivity contribution is 9.10. The summed E-state index contributed by atoms with van der Waals surface area (Å²) in [5.41, 5.74) is 0. The highest BCUT2D eigenvalue weighted by Crippen LogP contribution is 2.16. The molecule has 1 amide bonds. The second-order valence-corrected chi connectivity index (χ2v) is 7.28. The van der Waals surface area contributed by atoms with Crippen molar-refractivity contribution in [2.24, 2.45) is 0 Å². The number of hydrogen-bond donors (Lipinski definition) is 1. The third-order valence-corrected chi connectivity index (χ3v) is 4.78. The van der Waals surface area contributed by atoms with Gasteiger partial charge in [-0.15, -0.1) is 0 Å². The van der Waals surface area contributed by atoms with Crippen molar-refractivity contribution in [2.45, 2.75) is 18.9 Å². The van der Waals surface area contributed by atoms with Gasteiger partial charge in [-0.1, -0.05) is 0 Å². The van der Waals surface area contributed by atoms with Crippen molar-refractivity contribution in [3.05, 3.63) is 22.6 Å². The topological polar surface area (TPSA) is 79.6 Å². The molecule has 0 saturated carbocycles. The van der Waals surface area contributed by atoms with Gasteiger partial charge >= 0.3 is 0 Å². The molecule has 6 nitrogen and oxygen atoms in total. The first-order valence-corrected chi connectivity index (χ1v) is 8.52. The lowest BCUT2D eigenvalue weighted by molar-refractivity contribution is 0.0894. The molecule has 1 aromatic rings. The van der Waals surface area contributed by atoms with Crippen LogP contribution in [-0.4, -0.2) is 44.0 Å². The van der Waals surface area contributed by atoms with Gasteiger partial charge in [-0.25, -0.2) is 12.7 Å². The van der Waals surface area contributed by atoms with Gasteiger partial charge in [-0.05, 0) is 40.9 Å². The molecule has 0 bridgehead atoms. The van der Waals surface area contributed by atoms with Crippen molar-refractivity contribution in [3.8, 4) is 0 Å². The van der Waals surface area contributed by atoms with Crippen molar-refractivity contribution in [1.82, 2.24) is 9.62 Å². The summed E-state index contributed by atoms with van der Waals surface area (Å²) < 4.78 is 29.8. The van der Waals surface area contributed by atoms with E-state index < -0.39 is 10.0 Å². The van der Waals surface area contributed by atoms with Crippen molar-refractivity contribution in [2.75, 3.05) is 19.3 Å². The summed E-state index contributed by atoms with van der Waals surface area (Å²) in [4.78, 5) is 11.8. The molecule has 1 aromatic heterocycles. The summed E-state index contributed by atoms with van der Waals surface area (Å²) in [5, 5.41) is 2.85. The number of hydrogen-bond acceptors (Lipinski definition) is 4. The predicted octanol–water partition coefficient (Wildman–Crippen LogP) is 1.20. The molecule has 0 aromatic carbocycles. The number of carbonyl (C=O) groups excluding carboxylic acids is 1. The minimum absolute atomic E-state index is 0.0191. The Balaban J connectivity index is 1.88. The molecular weight excluding hydrogens is 336 g/mol. The number of furan rings is 1. The van der Waals surface area contributed by atoms with Gasteiger partial charge in [0.25, 0.3) is 5.91 Å². The number of halogens is 1. The van der Waals surface area contributed by atoms with Crippen LogP contribution in [0, 0.1) is 0 Å². The molecule has 1 aliphatic rings. The van der Waals surface area contributed by atoms with Gasteiger partial charge in [0, 0.05) is 19.1 Å². The van der Waals surface area contributed by atoms with Gasteiger partial charge in [-0.2, -0.15) is 0 Å². The van der Waals surface area contributed by atoms with E-state index in [4.69, 9.17) is 4.42 Å². The number of nitrogens with zero attached hydrogens (tertiary/aromatic N) is 1. The first-order valence-electron chi connectivity index (χ1n) is 5.87. The summed E-state index contributed by atoms with van der Waals surface area (Å²) in [7, 11) is -3.13. The molecule has 106 valence electrons. The molecule has 8 heteroatoms. The van der Waals surface area contributed by atoms with Crippen LogP contribution in [0.15, 0.2) is 21.2 Å². The van der Waals surface area contributed by atoms with E-state index in [1.54, 1.807) is 12.1 Å². The standard InChI is InChI=1S/C11H15BrN2O4S/c1-19(16,17)14-6-4-8(5-7-14)13-11(15)9-2-3-10(12)18-9/h2-3,8H,4-7H2,1H3,(H,13,15). The van der Waals surface area contributed by atoms with E-state index in [0.29, 0.717) is 30.6 Å². The second-order valence-electron chi connectivity index (χ2n) is 4.51. The van der Waals surface area contributed by atoms with Gasteiger partial charge in [0.1, 0.15) is 0 Å². The quantitative estimate of drug-likeness (QED) is 0.887. The Bertz CT molecular complexity index is 561. The van der Waals surface area contributed by atoms with Crippen LogP contribution in [0.3, 0.4) is 0 Å². The van der Waals surface area contributed by atoms with E-state index in [-0.39, 0.29) is 17.7 Å². The zero-order valence-corrected chi connectivity index (χ0v) is 12.8. The lowest BCUT2D eigenvalue weighted by atomic mass is 10.1. The molecule has 19 heavy (non-hydrogen) atoms. The van der Waals surface area contributed by atoms with Gasteiger partial charge in [-0.3, -0.25) is 4.79 Å². The van der Waals surface area contributed by atoms with E-state index in [1.807, 2.05) is 0 Å². The van der Waals surface area contributed by atoms with E-state index in [0.717, 1.165) is 0 Å². The first kappa shape index (κ1) is 14.5. The molecule has 0 radical (unpaired) electrons. The van der Waals surface area contributed by atoms with Gasteiger partial charge in [0.2, 0.25) is 10.0 Å². The Labute approximate surface area is 120 Å². The molecule has 0 aliphatic carbocycles. The van der Waals surface area contributed by atoms with Crippen LogP contribution in [0.1, 0.15) is 23.4 Å². The van der Waals surface area contributed by atoms with Crippen LogP contribution in [0.5, 0.6) is 0 Å². The molecule has 2 heterocycles. The summed E-state index contributed by atoms with van der Waals surface area (Å²) in [6.07, 6.45) is 2.42. The molecule has 1 fully saturated rings. The number of piperidine rings is 1. The third kappa shape index (κ3) is 3.80. The largest absolute Gasteiger partial charge is 0.444 e. The van der Waals surface area contributed by atoms with Crippen LogP contribution in [0.25, 0.3) is 0 Å². The van der Waals surface area contributed by atoms with Crippen LogP contribution >= 0.6 is 15.9 Å². The van der Waals surface area contributed by atoms with Gasteiger partial charge in [0.15, 0.2) is 10.4 Å². The SMILES string of the molecule is CS(=O)(=O)N1CCC(NC(=O)c2ccc(Br)o2)CC1. The maximum atomic E-state index is 11.8. The molecule has 2 rings (SSSR count). The third-order valence-electron chi connectivity index (χ3n) is 3.06. The average Bonchev–Trinajstić information content (AvgIpc) is 2.75. The Morgan fingerprint density at radius 1 is 1.42 bits per heavy atom. The van der Waals surface area contributed by atoms with Crippen molar-refractivity contribution in [3.63, 3.8) is 0 Å². The Morgan fingerprint density at radius 2 is 2.05 bits per heavy atom. The Kier molecular flexibility index (Phi) is 4.32. The minimum Gasteiger partial charge on any atom is -0.444 e. The maximum Gasteiger partial charge on any atom is 0.287 e. The number of rotatable bonds is 3. The summed E-state index contributed by atoms with van der Waals surface area (Å²) in [6.45, 7) is 0.872. The van der Waals surface area contributed by atoms with E-state index in [1.165, 1.54) is 10.6 Å². The number of sulfonamides is 1. The number of amides is 1. The average molecular weight is 351 g/mol. The highest BCUT2D eigenvalue weighted by atomic mass is 79.9. The molecule has 0 atom stereocenters. The van der Waals surface area contributed by atoms with E-state index >= 15 is 0 Å². The Morgan fingerprint density at radius 3 is 2.53 bits per heavy atom. The van der Waals surface area contributed by atoms with Crippen LogP contribution in [0.4, 0.5) is 0 Å². The van der Waals surface area contributed by atoms with E-state index in [9.17, 15) is 13.2 Å². The number of carbonyl (C=O) groups is 1. The lowest BCUT2D eigenvalue weighted by Gasteiger charge is -2.30. The predicted molar refractivity (Wildman–Crippen MR) is 73.3 cm³/mol. The fraction of sp³-hybridized carbons (Fsp3) is 0.545. The lowest BCUT2D eigenvalue weighted by Crippen LogP contribution is -2.46. The molecule has 0 spiro atoms. The Hall–Kier alpha value is -0.860. The maximum absolute atomic E-state index is 11.8.